The topological polar surface area (TPSA) is 81.3 Å². The number of hydrogen-bond donors (Lipinski definition) is 0. The summed E-state index contributed by atoms with van der Waals surface area (Å²) < 4.78 is 1.38. The van der Waals surface area contributed by atoms with E-state index < -0.39 is 4.92 Å². The Morgan fingerprint density at radius 3 is 2.52 bits per heavy atom. The number of nitrogens with zero attached hydrogens (tertiary/aromatic N) is 4. The molecule has 25 heavy (non-hydrogen) atoms. The van der Waals surface area contributed by atoms with Crippen LogP contribution in [-0.2, 0) is 11.3 Å². The summed E-state index contributed by atoms with van der Waals surface area (Å²) in [5, 5.41) is 17.3. The lowest BCUT2D eigenvalue weighted by atomic mass is 10.1. The number of fused-ring (bicyclic) bond motifs is 1. The van der Waals surface area contributed by atoms with Crippen LogP contribution >= 0.6 is 0 Å². The first-order valence-electron chi connectivity index (χ1n) is 7.82. The molecule has 0 N–H and O–H groups in total. The molecule has 0 bridgehead atoms. The first kappa shape index (κ1) is 16.6. The van der Waals surface area contributed by atoms with Crippen molar-refractivity contribution < 1.29 is 9.72 Å². The second kappa shape index (κ2) is 6.35. The largest absolute Gasteiger partial charge is 0.314 e. The van der Waals surface area contributed by atoms with Gasteiger partial charge in [0.1, 0.15) is 17.9 Å². The molecule has 0 unspecified atom stereocenters. The third-order valence-electron chi connectivity index (χ3n) is 4.31. The summed E-state index contributed by atoms with van der Waals surface area (Å²) in [6, 6.07) is 13.7. The van der Waals surface area contributed by atoms with E-state index in [0.29, 0.717) is 11.4 Å². The lowest BCUT2D eigenvalue weighted by molar-refractivity contribution is -0.386. The van der Waals surface area contributed by atoms with E-state index in [1.54, 1.807) is 20.9 Å². The van der Waals surface area contributed by atoms with Crippen LogP contribution < -0.4 is 4.90 Å². The zero-order chi connectivity index (χ0) is 18.1. The second-order valence-corrected chi connectivity index (χ2v) is 5.92. The van der Waals surface area contributed by atoms with Gasteiger partial charge in [-0.05, 0) is 36.8 Å². The number of nitro groups is 1. The molecule has 0 radical (unpaired) electrons. The highest BCUT2D eigenvalue weighted by molar-refractivity contribution is 5.95. The summed E-state index contributed by atoms with van der Waals surface area (Å²) in [6.45, 7) is 3.12. The molecule has 0 aliphatic heterocycles. The fourth-order valence-corrected chi connectivity index (χ4v) is 2.87. The molecule has 0 aliphatic rings. The molecule has 1 heterocycles. The minimum Gasteiger partial charge on any atom is -0.314 e. The Kier molecular flexibility index (Phi) is 4.22. The normalized spacial score (nSPS) is 10.8. The van der Waals surface area contributed by atoms with Crippen molar-refractivity contribution in [2.24, 2.45) is 0 Å². The quantitative estimate of drug-likeness (QED) is 0.540. The molecule has 3 rings (SSSR count). The maximum atomic E-state index is 12.6. The summed E-state index contributed by atoms with van der Waals surface area (Å²) in [5.74, 6) is -0.198. The smallest absolute Gasteiger partial charge is 0.312 e. The van der Waals surface area contributed by atoms with Gasteiger partial charge in [0.25, 0.3) is 0 Å². The van der Waals surface area contributed by atoms with Crippen molar-refractivity contribution in [1.82, 2.24) is 9.78 Å². The molecule has 0 saturated carbocycles. The van der Waals surface area contributed by atoms with Crippen LogP contribution in [0, 0.1) is 24.0 Å². The van der Waals surface area contributed by atoms with Gasteiger partial charge in [0, 0.05) is 12.7 Å². The average Bonchev–Trinajstić information content (AvgIpc) is 2.87. The fraction of sp³-hybridized carbons (Fsp3) is 0.222. The molecule has 1 amide bonds. The highest BCUT2D eigenvalue weighted by Crippen LogP contribution is 2.24. The molecule has 0 atom stereocenters. The van der Waals surface area contributed by atoms with E-state index in [0.717, 1.165) is 16.5 Å². The van der Waals surface area contributed by atoms with Gasteiger partial charge < -0.3 is 4.90 Å². The van der Waals surface area contributed by atoms with Crippen molar-refractivity contribution >= 4 is 28.1 Å². The van der Waals surface area contributed by atoms with Crippen molar-refractivity contribution in [3.8, 4) is 0 Å². The molecule has 0 saturated heterocycles. The maximum Gasteiger partial charge on any atom is 0.312 e. The maximum absolute atomic E-state index is 12.6. The summed E-state index contributed by atoms with van der Waals surface area (Å²) in [4.78, 5) is 24.7. The monoisotopic (exact) mass is 338 g/mol. The van der Waals surface area contributed by atoms with Crippen molar-refractivity contribution in [2.45, 2.75) is 20.4 Å². The van der Waals surface area contributed by atoms with E-state index in [1.165, 1.54) is 9.58 Å². The Morgan fingerprint density at radius 1 is 1.20 bits per heavy atom. The van der Waals surface area contributed by atoms with E-state index in [4.69, 9.17) is 0 Å². The number of rotatable bonds is 4. The summed E-state index contributed by atoms with van der Waals surface area (Å²) in [7, 11) is 1.69. The summed E-state index contributed by atoms with van der Waals surface area (Å²) >= 11 is 0. The van der Waals surface area contributed by atoms with Crippen LogP contribution in [0.5, 0.6) is 0 Å². The number of aromatic nitrogens is 2. The van der Waals surface area contributed by atoms with Gasteiger partial charge in [0.2, 0.25) is 5.91 Å². The third-order valence-corrected chi connectivity index (χ3v) is 4.31. The Labute approximate surface area is 144 Å². The number of aryl methyl sites for hydroxylation is 1. The van der Waals surface area contributed by atoms with E-state index >= 15 is 0 Å². The van der Waals surface area contributed by atoms with Crippen LogP contribution in [-0.4, -0.2) is 27.7 Å². The Hall–Kier alpha value is -3.22. The van der Waals surface area contributed by atoms with Gasteiger partial charge in [-0.25, -0.2) is 0 Å². The lowest BCUT2D eigenvalue weighted by Gasteiger charge is -2.18. The van der Waals surface area contributed by atoms with E-state index in [2.05, 4.69) is 5.10 Å². The number of carbonyl (C=O) groups is 1. The van der Waals surface area contributed by atoms with Gasteiger partial charge in [-0.1, -0.05) is 30.3 Å². The minimum atomic E-state index is -0.467. The third kappa shape index (κ3) is 3.08. The number of likely N-dealkylation sites (N-methyl/N-ethyl adjacent to an activating group) is 1. The van der Waals surface area contributed by atoms with Crippen molar-refractivity contribution in [3.05, 3.63) is 64.0 Å². The number of carbonyl (C=O) groups excluding carboxylic acids is 1. The van der Waals surface area contributed by atoms with E-state index in [9.17, 15) is 14.9 Å². The van der Waals surface area contributed by atoms with Crippen LogP contribution in [0.15, 0.2) is 42.5 Å². The highest BCUT2D eigenvalue weighted by Gasteiger charge is 2.23. The van der Waals surface area contributed by atoms with Gasteiger partial charge in [-0.15, -0.1) is 0 Å². The zero-order valence-corrected chi connectivity index (χ0v) is 14.3. The van der Waals surface area contributed by atoms with E-state index in [-0.39, 0.29) is 18.1 Å². The van der Waals surface area contributed by atoms with Crippen LogP contribution in [0.4, 0.5) is 11.4 Å². The lowest BCUT2D eigenvalue weighted by Crippen LogP contribution is -2.30. The molecule has 128 valence electrons. The molecular formula is C18H18N4O3. The second-order valence-electron chi connectivity index (χ2n) is 5.92. The zero-order valence-electron chi connectivity index (χ0n) is 14.3. The SMILES string of the molecule is Cc1nn(CC(=O)N(C)c2ccc3ccccc3c2)c(C)c1[N+](=O)[O-]. The van der Waals surface area contributed by atoms with E-state index in [1.807, 2.05) is 42.5 Å². The molecule has 0 fully saturated rings. The predicted octanol–water partition coefficient (Wildman–Crippen LogP) is 3.22. The van der Waals surface area contributed by atoms with Crippen LogP contribution in [0.2, 0.25) is 0 Å². The van der Waals surface area contributed by atoms with Crippen molar-refractivity contribution in [2.75, 3.05) is 11.9 Å². The molecule has 0 aliphatic carbocycles. The van der Waals surface area contributed by atoms with Gasteiger partial charge in [0.05, 0.1) is 4.92 Å². The first-order valence-corrected chi connectivity index (χ1v) is 7.82. The molecule has 3 aromatic rings. The summed E-state index contributed by atoms with van der Waals surface area (Å²) in [6.07, 6.45) is 0. The first-order chi connectivity index (χ1) is 11.9. The number of benzene rings is 2. The molecular weight excluding hydrogens is 320 g/mol. The van der Waals surface area contributed by atoms with Crippen LogP contribution in [0.25, 0.3) is 10.8 Å². The van der Waals surface area contributed by atoms with Crippen LogP contribution in [0.3, 0.4) is 0 Å². The molecule has 7 nitrogen and oxygen atoms in total. The standard InChI is InChI=1S/C18H18N4O3/c1-12-18(22(24)25)13(2)21(19-12)11-17(23)20(3)16-9-8-14-6-4-5-7-15(14)10-16/h4-10H,11H2,1-3H3. The molecule has 0 spiro atoms. The fourth-order valence-electron chi connectivity index (χ4n) is 2.87. The predicted molar refractivity (Wildman–Crippen MR) is 95.7 cm³/mol. The molecule has 7 heteroatoms. The Bertz CT molecular complexity index is 978. The van der Waals surface area contributed by atoms with Crippen molar-refractivity contribution in [3.63, 3.8) is 0 Å². The number of amides is 1. The Balaban J connectivity index is 1.85. The van der Waals surface area contributed by atoms with Gasteiger partial charge in [0.15, 0.2) is 0 Å². The van der Waals surface area contributed by atoms with Crippen LogP contribution in [0.1, 0.15) is 11.4 Å². The van der Waals surface area contributed by atoms with Gasteiger partial charge in [-0.2, -0.15) is 5.10 Å². The van der Waals surface area contributed by atoms with Gasteiger partial charge >= 0.3 is 5.69 Å². The summed E-state index contributed by atoms with van der Waals surface area (Å²) in [5.41, 5.74) is 1.41. The number of hydrogen-bond acceptors (Lipinski definition) is 4. The highest BCUT2D eigenvalue weighted by atomic mass is 16.6. The Morgan fingerprint density at radius 2 is 1.88 bits per heavy atom. The van der Waals surface area contributed by atoms with Gasteiger partial charge in [-0.3, -0.25) is 19.6 Å². The van der Waals surface area contributed by atoms with Crippen molar-refractivity contribution in [1.29, 1.82) is 0 Å². The number of anilines is 1. The average molecular weight is 338 g/mol. The molecule has 1 aromatic heterocycles. The minimum absolute atomic E-state index is 0.0406. The molecule has 2 aromatic carbocycles.